The number of para-hydroxylation sites is 1. The second-order valence-electron chi connectivity index (χ2n) is 8.56. The van der Waals surface area contributed by atoms with E-state index in [4.69, 9.17) is 5.14 Å². The Labute approximate surface area is 211 Å². The summed E-state index contributed by atoms with van der Waals surface area (Å²) in [6.07, 6.45) is 2.53. The Kier molecular flexibility index (Phi) is 6.89. The number of carbonyl (C=O) groups is 1. The van der Waals surface area contributed by atoms with Crippen LogP contribution in [0.4, 0.5) is 4.39 Å². The van der Waals surface area contributed by atoms with Gasteiger partial charge in [0.15, 0.2) is 9.84 Å². The third-order valence-electron chi connectivity index (χ3n) is 5.70. The van der Waals surface area contributed by atoms with E-state index in [-0.39, 0.29) is 28.9 Å². The van der Waals surface area contributed by atoms with E-state index >= 15 is 0 Å². The number of benzene rings is 2. The number of carboxylic acid groups (broad SMARTS) is 1. The van der Waals surface area contributed by atoms with E-state index in [1.165, 1.54) is 23.0 Å². The molecule has 0 radical (unpaired) electrons. The molecule has 0 aliphatic heterocycles. The number of fused-ring (bicyclic) bond motifs is 1. The van der Waals surface area contributed by atoms with Crippen LogP contribution >= 0.6 is 0 Å². The van der Waals surface area contributed by atoms with Crippen LogP contribution in [0.3, 0.4) is 0 Å². The molecule has 0 aliphatic carbocycles. The minimum absolute atomic E-state index is 0.0174. The van der Waals surface area contributed by atoms with Crippen LogP contribution in [-0.4, -0.2) is 54.1 Å². The Hall–Kier alpha value is -3.66. The van der Waals surface area contributed by atoms with Crippen LogP contribution in [0.1, 0.15) is 40.3 Å². The lowest BCUT2D eigenvalue weighted by molar-refractivity contribution is 0.0692. The van der Waals surface area contributed by atoms with E-state index in [9.17, 15) is 31.1 Å². The molecular weight excluding hydrogens is 527 g/mol. The van der Waals surface area contributed by atoms with Gasteiger partial charge in [-0.2, -0.15) is 13.1 Å². The smallest absolute Gasteiger partial charge is 0.352 e. The van der Waals surface area contributed by atoms with Crippen LogP contribution in [0, 0.1) is 5.82 Å². The molecule has 4 aromatic rings. The minimum atomic E-state index is -3.91. The number of H-pyrrole nitrogens is 1. The standard InChI is InChI=1S/C22H23FN6O6S2/c1-12(29-10-15(27-28-29)9-25-37(24,34)35)16-4-3-5-17-19(21(22(30)31)26-20(16)17)13-6-7-14(18(23)8-13)11-36(2,32)33/h3-8,10,12,25-26H,9,11H2,1-2H3,(H,30,31)(H2,24,34,35). The van der Waals surface area contributed by atoms with Crippen molar-refractivity contribution in [1.29, 1.82) is 0 Å². The quantitative estimate of drug-likeness (QED) is 0.242. The average molecular weight is 551 g/mol. The van der Waals surface area contributed by atoms with Gasteiger partial charge in [0.25, 0.3) is 10.2 Å². The van der Waals surface area contributed by atoms with E-state index in [2.05, 4.69) is 20.0 Å². The van der Waals surface area contributed by atoms with Crippen molar-refractivity contribution in [3.8, 4) is 11.1 Å². The Balaban J connectivity index is 1.78. The maximum Gasteiger partial charge on any atom is 0.352 e. The largest absolute Gasteiger partial charge is 0.477 e. The maximum atomic E-state index is 14.8. The summed E-state index contributed by atoms with van der Waals surface area (Å²) in [6.45, 7) is 1.63. The van der Waals surface area contributed by atoms with Crippen LogP contribution in [-0.2, 0) is 32.3 Å². The van der Waals surface area contributed by atoms with Gasteiger partial charge in [-0.25, -0.2) is 27.4 Å². The number of hydrogen-bond acceptors (Lipinski definition) is 7. The fraction of sp³-hybridized carbons (Fsp3) is 0.227. The molecule has 0 amide bonds. The fourth-order valence-corrected chi connectivity index (χ4v) is 5.20. The number of aromatic nitrogens is 4. The summed E-state index contributed by atoms with van der Waals surface area (Å²) in [5.74, 6) is -2.50. The van der Waals surface area contributed by atoms with Gasteiger partial charge in [-0.1, -0.05) is 35.5 Å². The third-order valence-corrected chi connectivity index (χ3v) is 7.08. The van der Waals surface area contributed by atoms with Crippen LogP contribution in [0.15, 0.2) is 42.6 Å². The number of nitrogens with two attached hydrogens (primary N) is 1. The number of hydrogen-bond donors (Lipinski definition) is 4. The molecule has 12 nitrogen and oxygen atoms in total. The first-order valence-corrected chi connectivity index (χ1v) is 14.4. The molecule has 5 N–H and O–H groups in total. The zero-order chi connectivity index (χ0) is 27.1. The van der Waals surface area contributed by atoms with Gasteiger partial charge in [0, 0.05) is 28.3 Å². The molecule has 0 fully saturated rings. The molecule has 0 bridgehead atoms. The summed E-state index contributed by atoms with van der Waals surface area (Å²) in [6, 6.07) is 8.64. The Morgan fingerprint density at radius 1 is 1.24 bits per heavy atom. The van der Waals surface area contributed by atoms with Gasteiger partial charge >= 0.3 is 5.97 Å². The first-order chi connectivity index (χ1) is 17.2. The van der Waals surface area contributed by atoms with Gasteiger partial charge < -0.3 is 10.1 Å². The summed E-state index contributed by atoms with van der Waals surface area (Å²) in [5, 5.41) is 23.3. The first-order valence-electron chi connectivity index (χ1n) is 10.8. The van der Waals surface area contributed by atoms with Crippen LogP contribution in [0.25, 0.3) is 22.0 Å². The van der Waals surface area contributed by atoms with Crippen molar-refractivity contribution in [2.45, 2.75) is 25.3 Å². The van der Waals surface area contributed by atoms with Crippen molar-refractivity contribution in [2.75, 3.05) is 6.26 Å². The number of nitrogens with one attached hydrogen (secondary N) is 2. The number of aromatic amines is 1. The minimum Gasteiger partial charge on any atom is -0.477 e. The van der Waals surface area contributed by atoms with E-state index in [0.29, 0.717) is 22.2 Å². The van der Waals surface area contributed by atoms with E-state index in [1.54, 1.807) is 25.1 Å². The van der Waals surface area contributed by atoms with Gasteiger partial charge in [0.2, 0.25) is 0 Å². The van der Waals surface area contributed by atoms with E-state index in [0.717, 1.165) is 12.3 Å². The summed E-state index contributed by atoms with van der Waals surface area (Å²) >= 11 is 0. The number of aromatic carboxylic acids is 1. The predicted molar refractivity (Wildman–Crippen MR) is 133 cm³/mol. The molecule has 1 atom stereocenters. The van der Waals surface area contributed by atoms with Gasteiger partial charge in [0.05, 0.1) is 35.7 Å². The van der Waals surface area contributed by atoms with Crippen molar-refractivity contribution in [3.63, 3.8) is 0 Å². The molecule has 1 unspecified atom stereocenters. The average Bonchev–Trinajstić information content (AvgIpc) is 3.42. The molecule has 196 valence electrons. The molecule has 4 rings (SSSR count). The van der Waals surface area contributed by atoms with Crippen LogP contribution in [0.5, 0.6) is 0 Å². The third kappa shape index (κ3) is 5.85. The van der Waals surface area contributed by atoms with Gasteiger partial charge in [-0.05, 0) is 18.6 Å². The SMILES string of the molecule is CC(c1cccc2c(-c3ccc(CS(C)(=O)=O)c(F)c3)c(C(=O)O)[nH]c12)n1cc(CNS(N)(=O)=O)nn1. The lowest BCUT2D eigenvalue weighted by atomic mass is 9.98. The van der Waals surface area contributed by atoms with Crippen molar-refractivity contribution in [1.82, 2.24) is 24.7 Å². The summed E-state index contributed by atoms with van der Waals surface area (Å²) in [7, 11) is -7.38. The zero-order valence-electron chi connectivity index (χ0n) is 19.6. The zero-order valence-corrected chi connectivity index (χ0v) is 21.3. The predicted octanol–water partition coefficient (Wildman–Crippen LogP) is 1.71. The lowest BCUT2D eigenvalue weighted by Crippen LogP contribution is -2.30. The highest BCUT2D eigenvalue weighted by Crippen LogP contribution is 2.37. The number of nitrogens with zero attached hydrogens (tertiary/aromatic N) is 3. The molecule has 37 heavy (non-hydrogen) atoms. The molecule has 2 heterocycles. The van der Waals surface area contributed by atoms with Gasteiger partial charge in [0.1, 0.15) is 11.5 Å². The van der Waals surface area contributed by atoms with Crippen molar-refractivity contribution < 1.29 is 31.1 Å². The summed E-state index contributed by atoms with van der Waals surface area (Å²) in [4.78, 5) is 15.0. The molecule has 2 aromatic carbocycles. The lowest BCUT2D eigenvalue weighted by Gasteiger charge is -2.13. The topological polar surface area (TPSA) is 190 Å². The van der Waals surface area contributed by atoms with E-state index < -0.39 is 43.6 Å². The second-order valence-corrected chi connectivity index (χ2v) is 12.1. The highest BCUT2D eigenvalue weighted by molar-refractivity contribution is 7.89. The highest BCUT2D eigenvalue weighted by Gasteiger charge is 2.24. The summed E-state index contributed by atoms with van der Waals surface area (Å²) in [5.41, 5.74) is 1.77. The molecular formula is C22H23FN6O6S2. The fourth-order valence-electron chi connectivity index (χ4n) is 4.05. The van der Waals surface area contributed by atoms with Gasteiger partial charge in [-0.3, -0.25) is 0 Å². The number of carboxylic acids is 1. The second kappa shape index (κ2) is 9.66. The number of rotatable bonds is 9. The highest BCUT2D eigenvalue weighted by atomic mass is 32.2. The van der Waals surface area contributed by atoms with E-state index in [1.807, 2.05) is 0 Å². The van der Waals surface area contributed by atoms with Crippen molar-refractivity contribution in [2.24, 2.45) is 5.14 Å². The van der Waals surface area contributed by atoms with Crippen molar-refractivity contribution in [3.05, 3.63) is 70.9 Å². The normalized spacial score (nSPS) is 13.2. The van der Waals surface area contributed by atoms with Crippen LogP contribution < -0.4 is 9.86 Å². The van der Waals surface area contributed by atoms with Crippen LogP contribution in [0.2, 0.25) is 0 Å². The maximum absolute atomic E-state index is 14.8. The molecule has 15 heteroatoms. The van der Waals surface area contributed by atoms with Gasteiger partial charge in [-0.15, -0.1) is 5.10 Å². The van der Waals surface area contributed by atoms with Crippen molar-refractivity contribution >= 4 is 36.9 Å². The monoisotopic (exact) mass is 550 g/mol. The molecule has 0 saturated heterocycles. The molecule has 0 aliphatic rings. The molecule has 2 aromatic heterocycles. The number of sulfone groups is 1. The molecule has 0 spiro atoms. The summed E-state index contributed by atoms with van der Waals surface area (Å²) < 4.78 is 63.8. The Bertz CT molecular complexity index is 1730. The Morgan fingerprint density at radius 2 is 1.97 bits per heavy atom. The molecule has 0 saturated carbocycles. The number of halogens is 1. The first kappa shape index (κ1) is 26.4. The Morgan fingerprint density at radius 3 is 2.59 bits per heavy atom.